The van der Waals surface area contributed by atoms with Crippen molar-refractivity contribution in [2.24, 2.45) is 46.8 Å². The van der Waals surface area contributed by atoms with E-state index < -0.39 is 29.8 Å². The van der Waals surface area contributed by atoms with E-state index in [2.05, 4.69) is 13.8 Å². The summed E-state index contributed by atoms with van der Waals surface area (Å²) in [6.07, 6.45) is 0.192. The number of fused-ring (bicyclic) bond motifs is 5. The molecule has 0 amide bonds. The Morgan fingerprint density at radius 1 is 1.03 bits per heavy atom. The van der Waals surface area contributed by atoms with Gasteiger partial charge in [-0.3, -0.25) is 4.79 Å². The number of hydrogen-bond acceptors (Lipinski definition) is 6. The molecule has 0 unspecified atom stereocenters. The second-order valence-corrected chi connectivity index (χ2v) is 12.7. The van der Waals surface area contributed by atoms with Gasteiger partial charge in [-0.2, -0.15) is 13.2 Å². The minimum atomic E-state index is -4.57. The summed E-state index contributed by atoms with van der Waals surface area (Å²) in [5.41, 5.74) is -2.48. The van der Waals surface area contributed by atoms with E-state index in [1.54, 1.807) is 7.11 Å². The monoisotopic (exact) mass is 554 g/mol. The fourth-order valence-electron chi connectivity index (χ4n) is 9.19. The van der Waals surface area contributed by atoms with E-state index >= 15 is 0 Å². The van der Waals surface area contributed by atoms with Crippen LogP contribution in [0.2, 0.25) is 0 Å². The largest absolute Gasteiger partial charge is 1.00 e. The molecule has 0 aromatic carbocycles. The molecule has 10 atom stereocenters. The second-order valence-electron chi connectivity index (χ2n) is 12.7. The van der Waals surface area contributed by atoms with Gasteiger partial charge in [0, 0.05) is 13.1 Å². The SMILES string of the molecule is COC[C@@H](OC(=O)CCC(=O)[O-])[C@@H](C)[C@H]1CC[C@H]2[C@@H]3CC[C@@H]4C[C@@](O)(C(F)(F)F)CC[C@@H]4[C@H]3CC[C@]12C.[Na+]. The summed E-state index contributed by atoms with van der Waals surface area (Å²) >= 11 is 0. The van der Waals surface area contributed by atoms with Crippen LogP contribution in [0.4, 0.5) is 13.2 Å². The number of ether oxygens (including phenoxy) is 2. The number of carbonyl (C=O) groups is 2. The van der Waals surface area contributed by atoms with Gasteiger partial charge in [0.2, 0.25) is 0 Å². The van der Waals surface area contributed by atoms with Gasteiger partial charge in [-0.15, -0.1) is 0 Å². The zero-order valence-corrected chi connectivity index (χ0v) is 25.2. The van der Waals surface area contributed by atoms with Crippen LogP contribution in [0, 0.1) is 46.8 Å². The van der Waals surface area contributed by atoms with E-state index in [0.717, 1.165) is 38.5 Å². The maximum Gasteiger partial charge on any atom is 1.00 e. The van der Waals surface area contributed by atoms with Gasteiger partial charge in [0.15, 0.2) is 5.60 Å². The number of rotatable bonds is 8. The third-order valence-electron chi connectivity index (χ3n) is 11.0. The van der Waals surface area contributed by atoms with Crippen molar-refractivity contribution in [1.29, 1.82) is 0 Å². The van der Waals surface area contributed by atoms with Crippen molar-refractivity contribution >= 4 is 11.9 Å². The molecule has 4 fully saturated rings. The smallest absolute Gasteiger partial charge is 0.550 e. The Morgan fingerprint density at radius 3 is 2.34 bits per heavy atom. The summed E-state index contributed by atoms with van der Waals surface area (Å²) in [4.78, 5) is 23.0. The van der Waals surface area contributed by atoms with E-state index in [0.29, 0.717) is 30.1 Å². The first-order valence-corrected chi connectivity index (χ1v) is 14.0. The fraction of sp³-hybridized carbons (Fsp3) is 0.929. The van der Waals surface area contributed by atoms with Crippen LogP contribution in [-0.4, -0.2) is 48.6 Å². The Bertz CT molecular complexity index is 855. The number of carbonyl (C=O) groups excluding carboxylic acids is 2. The van der Waals surface area contributed by atoms with Crippen molar-refractivity contribution in [2.75, 3.05) is 13.7 Å². The molecule has 4 aliphatic rings. The van der Waals surface area contributed by atoms with Crippen LogP contribution in [0.1, 0.15) is 84.5 Å². The van der Waals surface area contributed by atoms with E-state index in [-0.39, 0.29) is 85.0 Å². The Morgan fingerprint density at radius 2 is 1.71 bits per heavy atom. The van der Waals surface area contributed by atoms with Gasteiger partial charge in [-0.05, 0) is 111 Å². The second kappa shape index (κ2) is 12.3. The van der Waals surface area contributed by atoms with Gasteiger partial charge < -0.3 is 24.5 Å². The Kier molecular flexibility index (Phi) is 10.4. The Hall–Kier alpha value is -0.350. The van der Waals surface area contributed by atoms with Crippen LogP contribution in [0.15, 0.2) is 0 Å². The summed E-state index contributed by atoms with van der Waals surface area (Å²) in [5, 5.41) is 21.1. The predicted molar refractivity (Wildman–Crippen MR) is 127 cm³/mol. The molecular weight excluding hydrogens is 512 g/mol. The Balaban J connectivity index is 0.00000400. The van der Waals surface area contributed by atoms with Gasteiger partial charge in [-0.1, -0.05) is 13.8 Å². The van der Waals surface area contributed by atoms with Crippen molar-refractivity contribution in [3.05, 3.63) is 0 Å². The maximum absolute atomic E-state index is 13.5. The zero-order chi connectivity index (χ0) is 27.2. The van der Waals surface area contributed by atoms with E-state index in [9.17, 15) is 33.0 Å². The summed E-state index contributed by atoms with van der Waals surface area (Å²) in [7, 11) is 1.56. The first-order chi connectivity index (χ1) is 17.3. The summed E-state index contributed by atoms with van der Waals surface area (Å²) < 4.78 is 51.6. The van der Waals surface area contributed by atoms with E-state index in [1.807, 2.05) is 0 Å². The number of hydrogen-bond donors (Lipinski definition) is 1. The number of aliphatic hydroxyl groups is 1. The molecule has 4 saturated carbocycles. The third-order valence-corrected chi connectivity index (χ3v) is 11.0. The van der Waals surface area contributed by atoms with Crippen LogP contribution in [0.25, 0.3) is 0 Å². The standard InChI is InChI=1S/C28H43F3O6.Na/c1-16(23(15-36-3)37-25(34)9-8-24(32)33)21-6-7-22-20-5-4-17-14-27(35,28(29,30)31)13-11-18(17)19(20)10-12-26(21,22)2;/h16-23,35H,4-15H2,1-3H3,(H,32,33);/q;+1/p-1/t16-,17+,18-,19+,20+,21+,22-,23+,26+,27+;/m0./s1. The molecular formula is C28H42F3NaO6. The predicted octanol–water partition coefficient (Wildman–Crippen LogP) is 1.28. The van der Waals surface area contributed by atoms with Crippen molar-refractivity contribution in [2.45, 2.75) is 102 Å². The summed E-state index contributed by atoms with van der Waals surface area (Å²) in [6, 6.07) is 0. The van der Waals surface area contributed by atoms with Crippen LogP contribution in [-0.2, 0) is 19.1 Å². The molecule has 38 heavy (non-hydrogen) atoms. The molecule has 10 heteroatoms. The number of alkyl halides is 3. The van der Waals surface area contributed by atoms with Crippen molar-refractivity contribution in [1.82, 2.24) is 0 Å². The molecule has 4 rings (SSSR count). The number of carboxylic acids is 1. The summed E-state index contributed by atoms with van der Waals surface area (Å²) in [5.74, 6) is 0.0877. The number of halogens is 3. The average molecular weight is 555 g/mol. The molecule has 0 radical (unpaired) electrons. The van der Waals surface area contributed by atoms with Gasteiger partial charge in [0.1, 0.15) is 6.10 Å². The van der Waals surface area contributed by atoms with E-state index in [1.165, 1.54) is 0 Å². The molecule has 4 aliphatic carbocycles. The van der Waals surface area contributed by atoms with Gasteiger partial charge in [-0.25, -0.2) is 0 Å². The zero-order valence-electron chi connectivity index (χ0n) is 23.2. The topological polar surface area (TPSA) is 95.9 Å². The molecule has 6 nitrogen and oxygen atoms in total. The van der Waals surface area contributed by atoms with Crippen molar-refractivity contribution < 1.29 is 72.0 Å². The molecule has 0 aliphatic heterocycles. The molecule has 0 aromatic heterocycles. The van der Waals surface area contributed by atoms with E-state index in [4.69, 9.17) is 9.47 Å². The van der Waals surface area contributed by atoms with Crippen LogP contribution in [0.3, 0.4) is 0 Å². The first-order valence-electron chi connectivity index (χ1n) is 14.0. The quantitative estimate of drug-likeness (QED) is 0.359. The molecule has 0 aromatic rings. The number of methoxy groups -OCH3 is 1. The van der Waals surface area contributed by atoms with Gasteiger partial charge in [0.05, 0.1) is 13.0 Å². The molecule has 0 bridgehead atoms. The van der Waals surface area contributed by atoms with Crippen LogP contribution in [0.5, 0.6) is 0 Å². The minimum absolute atomic E-state index is 0. The van der Waals surface area contributed by atoms with Crippen molar-refractivity contribution in [3.63, 3.8) is 0 Å². The molecule has 0 heterocycles. The molecule has 0 saturated heterocycles. The van der Waals surface area contributed by atoms with Gasteiger partial charge >= 0.3 is 41.7 Å². The van der Waals surface area contributed by atoms with Crippen LogP contribution < -0.4 is 34.7 Å². The average Bonchev–Trinajstić information content (AvgIpc) is 3.18. The number of esters is 1. The van der Waals surface area contributed by atoms with Gasteiger partial charge in [0.25, 0.3) is 0 Å². The molecule has 212 valence electrons. The molecule has 1 N–H and O–H groups in total. The summed E-state index contributed by atoms with van der Waals surface area (Å²) in [6.45, 7) is 4.68. The van der Waals surface area contributed by atoms with Crippen LogP contribution >= 0.6 is 0 Å². The fourth-order valence-corrected chi connectivity index (χ4v) is 9.19. The minimum Gasteiger partial charge on any atom is -0.550 e. The normalized spacial score (nSPS) is 40.1. The third kappa shape index (κ3) is 6.12. The Labute approximate surface area is 246 Å². The number of aliphatic carboxylic acids is 1. The molecule has 0 spiro atoms. The first kappa shape index (κ1) is 32.2. The number of carboxylic acid groups (broad SMARTS) is 1. The van der Waals surface area contributed by atoms with Crippen molar-refractivity contribution in [3.8, 4) is 0 Å². The maximum atomic E-state index is 13.5.